The lowest BCUT2D eigenvalue weighted by molar-refractivity contribution is 0.416. The molecular formula is C14H16N2O. The Balaban J connectivity index is 2.59. The molecule has 0 amide bonds. The quantitative estimate of drug-likeness (QED) is 0.794. The first-order valence-corrected chi connectivity index (χ1v) is 5.47. The molecule has 0 aliphatic carbocycles. The molecule has 0 bridgehead atoms. The predicted molar refractivity (Wildman–Crippen MR) is 72.4 cm³/mol. The molecular weight excluding hydrogens is 212 g/mol. The van der Waals surface area contributed by atoms with Crippen LogP contribution in [0.15, 0.2) is 42.5 Å². The minimum atomic E-state index is 0.744. The SMILES string of the molecule is CNc1ccc(N)c(-c2ccccc2OC)c1. The van der Waals surface area contributed by atoms with Crippen molar-refractivity contribution < 1.29 is 4.74 Å². The summed E-state index contributed by atoms with van der Waals surface area (Å²) in [6.07, 6.45) is 0. The zero-order valence-electron chi connectivity index (χ0n) is 10.0. The summed E-state index contributed by atoms with van der Waals surface area (Å²) in [5.74, 6) is 0.826. The molecule has 0 saturated carbocycles. The van der Waals surface area contributed by atoms with Crippen LogP contribution in [0.4, 0.5) is 11.4 Å². The fraction of sp³-hybridized carbons (Fsp3) is 0.143. The van der Waals surface area contributed by atoms with Gasteiger partial charge in [0.15, 0.2) is 0 Å². The highest BCUT2D eigenvalue weighted by atomic mass is 16.5. The second-order valence-electron chi connectivity index (χ2n) is 3.75. The Kier molecular flexibility index (Phi) is 3.19. The maximum absolute atomic E-state index is 6.02. The molecule has 3 N–H and O–H groups in total. The van der Waals surface area contributed by atoms with Gasteiger partial charge in [-0.15, -0.1) is 0 Å². The van der Waals surface area contributed by atoms with Crippen LogP contribution in [0, 0.1) is 0 Å². The fourth-order valence-corrected chi connectivity index (χ4v) is 1.81. The number of anilines is 2. The standard InChI is InChI=1S/C14H16N2O/c1-16-10-7-8-13(15)12(9-10)11-5-3-4-6-14(11)17-2/h3-9,16H,15H2,1-2H3. The van der Waals surface area contributed by atoms with Gasteiger partial charge in [-0.1, -0.05) is 18.2 Å². The second kappa shape index (κ2) is 4.78. The van der Waals surface area contributed by atoms with Crippen molar-refractivity contribution in [2.24, 2.45) is 0 Å². The van der Waals surface area contributed by atoms with Crippen molar-refractivity contribution in [1.29, 1.82) is 0 Å². The summed E-state index contributed by atoms with van der Waals surface area (Å²) >= 11 is 0. The van der Waals surface area contributed by atoms with Gasteiger partial charge in [-0.25, -0.2) is 0 Å². The number of hydrogen-bond acceptors (Lipinski definition) is 3. The number of nitrogens with two attached hydrogens (primary N) is 1. The Bertz CT molecular complexity index is 523. The lowest BCUT2D eigenvalue weighted by atomic mass is 10.0. The Labute approximate surface area is 101 Å². The number of ether oxygens (including phenoxy) is 1. The highest BCUT2D eigenvalue weighted by molar-refractivity contribution is 5.83. The molecule has 0 atom stereocenters. The first kappa shape index (κ1) is 11.3. The van der Waals surface area contributed by atoms with Crippen molar-refractivity contribution >= 4 is 11.4 Å². The number of benzene rings is 2. The van der Waals surface area contributed by atoms with Crippen molar-refractivity contribution in [3.8, 4) is 16.9 Å². The third-order valence-electron chi connectivity index (χ3n) is 2.74. The van der Waals surface area contributed by atoms with Crippen molar-refractivity contribution in [3.05, 3.63) is 42.5 Å². The van der Waals surface area contributed by atoms with E-state index in [1.807, 2.05) is 49.5 Å². The summed E-state index contributed by atoms with van der Waals surface area (Å²) in [7, 11) is 3.55. The Morgan fingerprint density at radius 1 is 1.06 bits per heavy atom. The summed E-state index contributed by atoms with van der Waals surface area (Å²) < 4.78 is 5.35. The van der Waals surface area contributed by atoms with Crippen molar-refractivity contribution in [1.82, 2.24) is 0 Å². The number of para-hydroxylation sites is 1. The van der Waals surface area contributed by atoms with E-state index in [-0.39, 0.29) is 0 Å². The average Bonchev–Trinajstić information content (AvgIpc) is 2.39. The monoisotopic (exact) mass is 228 g/mol. The van der Waals surface area contributed by atoms with Crippen LogP contribution in [0.2, 0.25) is 0 Å². The van der Waals surface area contributed by atoms with Gasteiger partial charge in [0.1, 0.15) is 5.75 Å². The van der Waals surface area contributed by atoms with Crippen molar-refractivity contribution in [2.75, 3.05) is 25.2 Å². The largest absolute Gasteiger partial charge is 0.496 e. The molecule has 0 aromatic heterocycles. The molecule has 2 aromatic rings. The van der Waals surface area contributed by atoms with Crippen molar-refractivity contribution in [3.63, 3.8) is 0 Å². The van der Waals surface area contributed by atoms with E-state index < -0.39 is 0 Å². The van der Waals surface area contributed by atoms with Crippen LogP contribution in [0.5, 0.6) is 5.75 Å². The van der Waals surface area contributed by atoms with Crippen LogP contribution in [0.25, 0.3) is 11.1 Å². The van der Waals surface area contributed by atoms with Gasteiger partial charge in [0.05, 0.1) is 7.11 Å². The first-order chi connectivity index (χ1) is 8.26. The number of hydrogen-bond donors (Lipinski definition) is 2. The zero-order chi connectivity index (χ0) is 12.3. The molecule has 0 saturated heterocycles. The summed E-state index contributed by atoms with van der Waals surface area (Å²) in [6.45, 7) is 0. The van der Waals surface area contributed by atoms with Gasteiger partial charge < -0.3 is 15.8 Å². The molecule has 0 fully saturated rings. The number of methoxy groups -OCH3 is 1. The third kappa shape index (κ3) is 2.18. The van der Waals surface area contributed by atoms with Gasteiger partial charge >= 0.3 is 0 Å². The topological polar surface area (TPSA) is 47.3 Å². The molecule has 17 heavy (non-hydrogen) atoms. The molecule has 3 heteroatoms. The molecule has 2 rings (SSSR count). The molecule has 88 valence electrons. The van der Waals surface area contributed by atoms with E-state index in [0.717, 1.165) is 28.3 Å². The van der Waals surface area contributed by atoms with Gasteiger partial charge in [0, 0.05) is 29.5 Å². The fourth-order valence-electron chi connectivity index (χ4n) is 1.81. The minimum Gasteiger partial charge on any atom is -0.496 e. The van der Waals surface area contributed by atoms with Crippen molar-refractivity contribution in [2.45, 2.75) is 0 Å². The second-order valence-corrected chi connectivity index (χ2v) is 3.75. The normalized spacial score (nSPS) is 10.0. The van der Waals surface area contributed by atoms with E-state index >= 15 is 0 Å². The van der Waals surface area contributed by atoms with Gasteiger partial charge in [-0.2, -0.15) is 0 Å². The summed E-state index contributed by atoms with van der Waals surface area (Å²) in [6, 6.07) is 13.7. The lowest BCUT2D eigenvalue weighted by Gasteiger charge is -2.12. The third-order valence-corrected chi connectivity index (χ3v) is 2.74. The van der Waals surface area contributed by atoms with Crippen LogP contribution in [0.3, 0.4) is 0 Å². The number of rotatable bonds is 3. The highest BCUT2D eigenvalue weighted by Crippen LogP contribution is 2.35. The van der Waals surface area contributed by atoms with Crippen LogP contribution in [0.1, 0.15) is 0 Å². The molecule has 0 heterocycles. The van der Waals surface area contributed by atoms with E-state index in [1.165, 1.54) is 0 Å². The maximum atomic E-state index is 6.02. The maximum Gasteiger partial charge on any atom is 0.126 e. The van der Waals surface area contributed by atoms with Crippen LogP contribution < -0.4 is 15.8 Å². The number of nitrogen functional groups attached to an aromatic ring is 1. The zero-order valence-corrected chi connectivity index (χ0v) is 10.0. The summed E-state index contributed by atoms with van der Waals surface area (Å²) in [5, 5.41) is 3.11. The number of nitrogens with one attached hydrogen (secondary N) is 1. The smallest absolute Gasteiger partial charge is 0.126 e. The minimum absolute atomic E-state index is 0.744. The molecule has 2 aromatic carbocycles. The molecule has 0 aliphatic rings. The van der Waals surface area contributed by atoms with Crippen LogP contribution in [-0.4, -0.2) is 14.2 Å². The van der Waals surface area contributed by atoms with E-state index in [9.17, 15) is 0 Å². The van der Waals surface area contributed by atoms with Gasteiger partial charge in [-0.05, 0) is 24.3 Å². The van der Waals surface area contributed by atoms with Gasteiger partial charge in [0.2, 0.25) is 0 Å². The van der Waals surface area contributed by atoms with E-state index in [2.05, 4.69) is 5.32 Å². The summed E-state index contributed by atoms with van der Waals surface area (Å²) in [5.41, 5.74) is 9.77. The Morgan fingerprint density at radius 2 is 1.82 bits per heavy atom. The van der Waals surface area contributed by atoms with E-state index in [4.69, 9.17) is 10.5 Å². The molecule has 3 nitrogen and oxygen atoms in total. The molecule has 0 spiro atoms. The predicted octanol–water partition coefficient (Wildman–Crippen LogP) is 2.99. The first-order valence-electron chi connectivity index (χ1n) is 5.47. The van der Waals surface area contributed by atoms with E-state index in [1.54, 1.807) is 7.11 Å². The lowest BCUT2D eigenvalue weighted by Crippen LogP contribution is -1.95. The highest BCUT2D eigenvalue weighted by Gasteiger charge is 2.08. The van der Waals surface area contributed by atoms with Crippen LogP contribution in [-0.2, 0) is 0 Å². The van der Waals surface area contributed by atoms with E-state index in [0.29, 0.717) is 0 Å². The molecule has 0 aliphatic heterocycles. The summed E-state index contributed by atoms with van der Waals surface area (Å²) in [4.78, 5) is 0. The Hall–Kier alpha value is -2.16. The Morgan fingerprint density at radius 3 is 2.53 bits per heavy atom. The molecule has 0 unspecified atom stereocenters. The van der Waals surface area contributed by atoms with Crippen LogP contribution >= 0.6 is 0 Å². The van der Waals surface area contributed by atoms with Gasteiger partial charge in [0.25, 0.3) is 0 Å². The average molecular weight is 228 g/mol. The molecule has 0 radical (unpaired) electrons. The van der Waals surface area contributed by atoms with Gasteiger partial charge in [-0.3, -0.25) is 0 Å².